The van der Waals surface area contributed by atoms with E-state index in [9.17, 15) is 0 Å². The summed E-state index contributed by atoms with van der Waals surface area (Å²) in [5, 5.41) is 0. The predicted molar refractivity (Wildman–Crippen MR) is 75.0 cm³/mol. The highest BCUT2D eigenvalue weighted by Crippen LogP contribution is 2.22. The Hall–Kier alpha value is -1.94. The van der Waals surface area contributed by atoms with Crippen LogP contribution in [0.5, 0.6) is 5.75 Å². The average Bonchev–Trinajstić information content (AvgIpc) is 2.38. The molecule has 2 aromatic rings. The number of hydrogen-bond acceptors (Lipinski definition) is 4. The third-order valence-corrected chi connectivity index (χ3v) is 2.76. The van der Waals surface area contributed by atoms with Gasteiger partial charge >= 0.3 is 0 Å². The van der Waals surface area contributed by atoms with Gasteiger partial charge in [0.2, 0.25) is 0 Å². The van der Waals surface area contributed by atoms with Crippen LogP contribution in [0.25, 0.3) is 0 Å². The van der Waals surface area contributed by atoms with E-state index in [4.69, 9.17) is 10.5 Å². The molecular weight excluding hydrogens is 238 g/mol. The lowest BCUT2D eigenvalue weighted by Gasteiger charge is -2.14. The second-order valence-electron chi connectivity index (χ2n) is 4.83. The molecular formula is C15H19N3O. The molecule has 0 amide bonds. The van der Waals surface area contributed by atoms with Crippen molar-refractivity contribution >= 4 is 0 Å². The first-order valence-electron chi connectivity index (χ1n) is 6.36. The molecule has 100 valence electrons. The molecule has 0 aliphatic heterocycles. The summed E-state index contributed by atoms with van der Waals surface area (Å²) in [5.41, 5.74) is 9.10. The molecule has 2 rings (SSSR count). The molecule has 0 radical (unpaired) electrons. The van der Waals surface area contributed by atoms with Crippen molar-refractivity contribution in [3.05, 3.63) is 53.6 Å². The molecule has 1 atom stereocenters. The van der Waals surface area contributed by atoms with Crippen molar-refractivity contribution < 1.29 is 4.74 Å². The summed E-state index contributed by atoms with van der Waals surface area (Å²) in [6, 6.07) is 5.63. The molecule has 19 heavy (non-hydrogen) atoms. The van der Waals surface area contributed by atoms with Gasteiger partial charge in [0.1, 0.15) is 5.75 Å². The van der Waals surface area contributed by atoms with Crippen LogP contribution in [-0.4, -0.2) is 16.1 Å². The van der Waals surface area contributed by atoms with Crippen molar-refractivity contribution in [1.82, 2.24) is 9.97 Å². The summed E-state index contributed by atoms with van der Waals surface area (Å²) < 4.78 is 5.63. The molecule has 0 saturated carbocycles. The van der Waals surface area contributed by atoms with E-state index in [-0.39, 0.29) is 12.1 Å². The minimum atomic E-state index is -0.240. The number of rotatable bonds is 4. The van der Waals surface area contributed by atoms with Crippen LogP contribution in [0.3, 0.4) is 0 Å². The fourth-order valence-corrected chi connectivity index (χ4v) is 1.80. The standard InChI is InChI=1S/C15H19N3O/c1-10(2)19-14-6-13(7-17-9-14)15(16)12-5-4-11(3)18-8-12/h4-10,15H,16H2,1-3H3. The van der Waals surface area contributed by atoms with Crippen molar-refractivity contribution in [2.24, 2.45) is 5.73 Å². The number of pyridine rings is 2. The second kappa shape index (κ2) is 5.80. The Morgan fingerprint density at radius 3 is 2.53 bits per heavy atom. The van der Waals surface area contributed by atoms with Gasteiger partial charge in [-0.2, -0.15) is 0 Å². The predicted octanol–water partition coefficient (Wildman–Crippen LogP) is 2.62. The van der Waals surface area contributed by atoms with Crippen molar-refractivity contribution in [2.45, 2.75) is 32.9 Å². The van der Waals surface area contributed by atoms with Gasteiger partial charge in [0.25, 0.3) is 0 Å². The van der Waals surface area contributed by atoms with E-state index in [1.807, 2.05) is 39.0 Å². The van der Waals surface area contributed by atoms with Crippen molar-refractivity contribution in [3.63, 3.8) is 0 Å². The monoisotopic (exact) mass is 257 g/mol. The van der Waals surface area contributed by atoms with E-state index in [0.717, 1.165) is 22.6 Å². The minimum absolute atomic E-state index is 0.120. The van der Waals surface area contributed by atoms with Crippen LogP contribution < -0.4 is 10.5 Å². The average molecular weight is 257 g/mol. The Bertz CT molecular complexity index is 537. The zero-order chi connectivity index (χ0) is 13.8. The van der Waals surface area contributed by atoms with Gasteiger partial charge in [0, 0.05) is 18.1 Å². The van der Waals surface area contributed by atoms with Gasteiger partial charge in [0.15, 0.2) is 0 Å². The molecule has 2 aromatic heterocycles. The lowest BCUT2D eigenvalue weighted by molar-refractivity contribution is 0.241. The van der Waals surface area contributed by atoms with Crippen LogP contribution in [0.1, 0.15) is 36.7 Å². The maximum Gasteiger partial charge on any atom is 0.138 e. The Balaban J connectivity index is 2.23. The van der Waals surface area contributed by atoms with Gasteiger partial charge in [-0.15, -0.1) is 0 Å². The van der Waals surface area contributed by atoms with E-state index >= 15 is 0 Å². The lowest BCUT2D eigenvalue weighted by atomic mass is 10.0. The van der Waals surface area contributed by atoms with Crippen LogP contribution in [-0.2, 0) is 0 Å². The zero-order valence-corrected chi connectivity index (χ0v) is 11.5. The molecule has 0 aromatic carbocycles. The highest BCUT2D eigenvalue weighted by Gasteiger charge is 2.11. The summed E-state index contributed by atoms with van der Waals surface area (Å²) >= 11 is 0. The van der Waals surface area contributed by atoms with E-state index in [0.29, 0.717) is 0 Å². The third-order valence-electron chi connectivity index (χ3n) is 2.76. The number of nitrogens with zero attached hydrogens (tertiary/aromatic N) is 2. The highest BCUT2D eigenvalue weighted by atomic mass is 16.5. The van der Waals surface area contributed by atoms with E-state index < -0.39 is 0 Å². The number of nitrogens with two attached hydrogens (primary N) is 1. The van der Waals surface area contributed by atoms with Gasteiger partial charge in [0.05, 0.1) is 18.3 Å². The van der Waals surface area contributed by atoms with Gasteiger partial charge in [-0.3, -0.25) is 9.97 Å². The van der Waals surface area contributed by atoms with Crippen LogP contribution >= 0.6 is 0 Å². The van der Waals surface area contributed by atoms with Gasteiger partial charge in [-0.1, -0.05) is 6.07 Å². The zero-order valence-electron chi connectivity index (χ0n) is 11.5. The molecule has 0 bridgehead atoms. The van der Waals surface area contributed by atoms with Gasteiger partial charge in [-0.25, -0.2) is 0 Å². The third kappa shape index (κ3) is 3.51. The first-order chi connectivity index (χ1) is 9.06. The van der Waals surface area contributed by atoms with Crippen molar-refractivity contribution in [3.8, 4) is 5.75 Å². The fraction of sp³-hybridized carbons (Fsp3) is 0.333. The molecule has 0 aliphatic rings. The quantitative estimate of drug-likeness (QED) is 0.914. The minimum Gasteiger partial charge on any atom is -0.489 e. The van der Waals surface area contributed by atoms with Crippen LogP contribution in [0.15, 0.2) is 36.8 Å². The van der Waals surface area contributed by atoms with Gasteiger partial charge < -0.3 is 10.5 Å². The molecule has 0 aliphatic carbocycles. The van der Waals surface area contributed by atoms with Crippen LogP contribution in [0.4, 0.5) is 0 Å². The Kier molecular flexibility index (Phi) is 4.12. The molecule has 4 heteroatoms. The fourth-order valence-electron chi connectivity index (χ4n) is 1.80. The van der Waals surface area contributed by atoms with E-state index in [1.165, 1.54) is 0 Å². The molecule has 0 saturated heterocycles. The molecule has 4 nitrogen and oxygen atoms in total. The maximum atomic E-state index is 6.23. The summed E-state index contributed by atoms with van der Waals surface area (Å²) in [4.78, 5) is 8.44. The Labute approximate surface area is 113 Å². The molecule has 1 unspecified atom stereocenters. The highest BCUT2D eigenvalue weighted by molar-refractivity contribution is 5.32. The maximum absolute atomic E-state index is 6.23. The molecule has 0 fully saturated rings. The summed E-state index contributed by atoms with van der Waals surface area (Å²) in [7, 11) is 0. The Morgan fingerprint density at radius 2 is 1.89 bits per heavy atom. The number of aryl methyl sites for hydroxylation is 1. The number of aromatic nitrogens is 2. The number of hydrogen-bond donors (Lipinski definition) is 1. The van der Waals surface area contributed by atoms with Crippen molar-refractivity contribution in [1.29, 1.82) is 0 Å². The molecule has 2 N–H and O–H groups in total. The second-order valence-corrected chi connectivity index (χ2v) is 4.83. The topological polar surface area (TPSA) is 61.0 Å². The van der Waals surface area contributed by atoms with E-state index in [1.54, 1.807) is 18.6 Å². The Morgan fingerprint density at radius 1 is 1.11 bits per heavy atom. The van der Waals surface area contributed by atoms with E-state index in [2.05, 4.69) is 9.97 Å². The van der Waals surface area contributed by atoms with Crippen LogP contribution in [0, 0.1) is 6.92 Å². The molecule has 0 spiro atoms. The SMILES string of the molecule is Cc1ccc(C(N)c2cncc(OC(C)C)c2)cn1. The van der Waals surface area contributed by atoms with Crippen molar-refractivity contribution in [2.75, 3.05) is 0 Å². The summed E-state index contributed by atoms with van der Waals surface area (Å²) in [6.07, 6.45) is 5.38. The molecule has 2 heterocycles. The largest absolute Gasteiger partial charge is 0.489 e. The summed E-state index contributed by atoms with van der Waals surface area (Å²) in [6.45, 7) is 5.92. The first kappa shape index (κ1) is 13.5. The van der Waals surface area contributed by atoms with Crippen LogP contribution in [0.2, 0.25) is 0 Å². The summed E-state index contributed by atoms with van der Waals surface area (Å²) in [5.74, 6) is 0.739. The van der Waals surface area contributed by atoms with Gasteiger partial charge in [-0.05, 0) is 44.0 Å². The smallest absolute Gasteiger partial charge is 0.138 e. The normalized spacial score (nSPS) is 12.5. The lowest BCUT2D eigenvalue weighted by Crippen LogP contribution is -2.13. The first-order valence-corrected chi connectivity index (χ1v) is 6.36. The number of ether oxygens (including phenoxy) is 1.